The molecule has 4 aromatic rings. The number of hydrogen-bond donors (Lipinski definition) is 0. The number of carbonyl (C=O) groups is 1. The maximum atomic E-state index is 13.6. The number of ether oxygens (including phenoxy) is 5. The van der Waals surface area contributed by atoms with Crippen molar-refractivity contribution >= 4 is 24.7 Å². The molecule has 8 heteroatoms. The topological polar surface area (TPSA) is 72.5 Å². The zero-order valence-electron chi connectivity index (χ0n) is 32.6. The Morgan fingerprint density at radius 2 is 1.46 bits per heavy atom. The molecule has 1 aliphatic carbocycles. The first-order chi connectivity index (χ1) is 26.0. The Morgan fingerprint density at radius 3 is 2.06 bits per heavy atom. The van der Waals surface area contributed by atoms with Gasteiger partial charge in [-0.25, -0.2) is 4.79 Å². The van der Waals surface area contributed by atoms with Crippen molar-refractivity contribution in [2.75, 3.05) is 13.7 Å². The van der Waals surface area contributed by atoms with Gasteiger partial charge in [0.15, 0.2) is 5.79 Å². The van der Waals surface area contributed by atoms with Crippen molar-refractivity contribution in [2.45, 2.75) is 102 Å². The van der Waals surface area contributed by atoms with E-state index in [0.717, 1.165) is 30.6 Å². The van der Waals surface area contributed by atoms with Crippen LogP contribution < -0.4 is 15.1 Å². The number of rotatable bonds is 15. The average Bonchev–Trinajstić information content (AvgIpc) is 3.77. The lowest BCUT2D eigenvalue weighted by molar-refractivity contribution is -0.153. The molecule has 1 aliphatic heterocycles. The highest BCUT2D eigenvalue weighted by atomic mass is 28.4. The normalized spacial score (nSPS) is 22.0. The molecule has 0 radical (unpaired) electrons. The minimum atomic E-state index is -2.77. The van der Waals surface area contributed by atoms with Gasteiger partial charge in [0.05, 0.1) is 31.5 Å². The molecule has 0 N–H and O–H groups in total. The van der Waals surface area contributed by atoms with E-state index in [4.69, 9.17) is 28.1 Å². The highest BCUT2D eigenvalue weighted by Crippen LogP contribution is 2.39. The molecule has 5 atom stereocenters. The van der Waals surface area contributed by atoms with E-state index >= 15 is 0 Å². The third kappa shape index (κ3) is 9.41. The fourth-order valence-electron chi connectivity index (χ4n) is 8.00. The van der Waals surface area contributed by atoms with Crippen LogP contribution in [0.4, 0.5) is 0 Å². The summed E-state index contributed by atoms with van der Waals surface area (Å²) in [7, 11) is -1.10. The van der Waals surface area contributed by atoms with Crippen molar-refractivity contribution in [3.8, 4) is 5.75 Å². The summed E-state index contributed by atoms with van der Waals surface area (Å²) in [5.41, 5.74) is 1.59. The van der Waals surface area contributed by atoms with Crippen molar-refractivity contribution in [3.63, 3.8) is 0 Å². The van der Waals surface area contributed by atoms with Gasteiger partial charge in [-0.15, -0.1) is 0 Å². The second-order valence-electron chi connectivity index (χ2n) is 15.9. The van der Waals surface area contributed by atoms with Gasteiger partial charge in [-0.3, -0.25) is 0 Å². The number of benzene rings is 4. The third-order valence-corrected chi connectivity index (χ3v) is 15.7. The maximum Gasteiger partial charge on any atom is 0.338 e. The predicted octanol–water partition coefficient (Wildman–Crippen LogP) is 8.65. The Bertz CT molecular complexity index is 1750. The van der Waals surface area contributed by atoms with Crippen LogP contribution in [0.3, 0.4) is 0 Å². The Morgan fingerprint density at radius 1 is 0.852 bits per heavy atom. The Labute approximate surface area is 322 Å². The molecular formula is C46H56O7Si. The summed E-state index contributed by atoms with van der Waals surface area (Å²) >= 11 is 0. The highest BCUT2D eigenvalue weighted by Gasteiger charge is 2.51. The summed E-state index contributed by atoms with van der Waals surface area (Å²) in [6.07, 6.45) is 6.18. The van der Waals surface area contributed by atoms with E-state index in [1.807, 2.05) is 62.4 Å². The molecule has 0 aromatic heterocycles. The van der Waals surface area contributed by atoms with Crippen molar-refractivity contribution in [2.24, 2.45) is 5.92 Å². The zero-order chi connectivity index (χ0) is 38.2. The monoisotopic (exact) mass is 748 g/mol. The highest BCUT2D eigenvalue weighted by molar-refractivity contribution is 6.99. The standard InChI is InChI=1S/C46H56O7Si/c1-45(2,3)54(38-20-12-8-13-21-38,39-22-14-9-15-23-39)50-32-31-42-43(53-46(4,5)52-42)41(51-44(47)36-17-10-7-11-18-36)30-27-35-19-16-24-40(35)49-33-34-25-28-37(48-6)29-26-34/h7-15,17-18,20-23,25-30,35,40-43H,16,19,24,31-33H2,1-6H3/b30-27-/t35-,40-,41?,42?,43?/m1/s1. The van der Waals surface area contributed by atoms with E-state index < -0.39 is 32.3 Å². The van der Waals surface area contributed by atoms with Gasteiger partial charge in [-0.1, -0.05) is 124 Å². The van der Waals surface area contributed by atoms with Crippen LogP contribution >= 0.6 is 0 Å². The van der Waals surface area contributed by atoms with E-state index in [2.05, 4.69) is 87.5 Å². The van der Waals surface area contributed by atoms with Crippen LogP contribution in [-0.4, -0.2) is 58.2 Å². The molecule has 2 aliphatic rings. The largest absolute Gasteiger partial charge is 0.497 e. The Kier molecular flexibility index (Phi) is 12.9. The minimum absolute atomic E-state index is 0.0571. The lowest BCUT2D eigenvalue weighted by Crippen LogP contribution is -2.66. The molecule has 1 saturated carbocycles. The van der Waals surface area contributed by atoms with E-state index in [-0.39, 0.29) is 23.2 Å². The molecule has 1 heterocycles. The minimum Gasteiger partial charge on any atom is -0.497 e. The summed E-state index contributed by atoms with van der Waals surface area (Å²) in [6, 6.07) is 38.4. The predicted molar refractivity (Wildman–Crippen MR) is 216 cm³/mol. The lowest BCUT2D eigenvalue weighted by Gasteiger charge is -2.43. The molecule has 0 bridgehead atoms. The molecular weight excluding hydrogens is 693 g/mol. The van der Waals surface area contributed by atoms with Gasteiger partial charge in [0.25, 0.3) is 8.32 Å². The Balaban J connectivity index is 1.23. The van der Waals surface area contributed by atoms with Gasteiger partial charge in [0, 0.05) is 12.5 Å². The maximum absolute atomic E-state index is 13.6. The zero-order valence-corrected chi connectivity index (χ0v) is 33.6. The summed E-state index contributed by atoms with van der Waals surface area (Å²) in [4.78, 5) is 13.6. The van der Waals surface area contributed by atoms with Crippen LogP contribution in [-0.2, 0) is 30.0 Å². The fraction of sp³-hybridized carbons (Fsp3) is 0.413. The van der Waals surface area contributed by atoms with Gasteiger partial charge in [0.1, 0.15) is 18.0 Å². The molecule has 3 unspecified atom stereocenters. The van der Waals surface area contributed by atoms with Gasteiger partial charge in [0.2, 0.25) is 0 Å². The number of carbonyl (C=O) groups excluding carboxylic acids is 1. The first-order valence-electron chi connectivity index (χ1n) is 19.3. The summed E-state index contributed by atoms with van der Waals surface area (Å²) in [5, 5.41) is 2.29. The SMILES string of the molecule is COc1ccc(CO[C@@H]2CCC[C@@H]2/C=C\C(OC(=O)c2ccccc2)C2OC(C)(C)OC2CCO[Si](c2ccccc2)(c2ccccc2)C(C)(C)C)cc1. The van der Waals surface area contributed by atoms with E-state index in [1.54, 1.807) is 19.2 Å². The molecule has 2 fully saturated rings. The molecule has 0 amide bonds. The molecule has 54 heavy (non-hydrogen) atoms. The molecule has 7 nitrogen and oxygen atoms in total. The van der Waals surface area contributed by atoms with Crippen molar-refractivity contribution in [1.29, 1.82) is 0 Å². The molecule has 0 spiro atoms. The molecule has 1 saturated heterocycles. The van der Waals surface area contributed by atoms with Crippen molar-refractivity contribution in [3.05, 3.63) is 139 Å². The lowest BCUT2D eigenvalue weighted by atomic mass is 10.0. The smallest absolute Gasteiger partial charge is 0.338 e. The van der Waals surface area contributed by atoms with Gasteiger partial charge >= 0.3 is 5.97 Å². The average molecular weight is 749 g/mol. The van der Waals surface area contributed by atoms with Gasteiger partial charge in [-0.2, -0.15) is 0 Å². The summed E-state index contributed by atoms with van der Waals surface area (Å²) < 4.78 is 38.5. The van der Waals surface area contributed by atoms with Crippen LogP contribution in [0.2, 0.25) is 5.04 Å². The van der Waals surface area contributed by atoms with Gasteiger partial charge < -0.3 is 28.1 Å². The third-order valence-electron chi connectivity index (χ3n) is 10.6. The second-order valence-corrected chi connectivity index (χ2v) is 20.2. The molecule has 4 aromatic carbocycles. The van der Waals surface area contributed by atoms with Crippen molar-refractivity contribution < 1.29 is 32.9 Å². The number of esters is 1. The quantitative estimate of drug-likeness (QED) is 0.0685. The van der Waals surface area contributed by atoms with E-state index in [9.17, 15) is 4.79 Å². The van der Waals surface area contributed by atoms with Crippen molar-refractivity contribution in [1.82, 2.24) is 0 Å². The Hall–Kier alpha value is -4.05. The summed E-state index contributed by atoms with van der Waals surface area (Å²) in [5.74, 6) is -0.284. The number of hydrogen-bond acceptors (Lipinski definition) is 7. The van der Waals surface area contributed by atoms with Crippen LogP contribution in [0, 0.1) is 5.92 Å². The van der Waals surface area contributed by atoms with Crippen LogP contribution in [0.5, 0.6) is 5.75 Å². The first kappa shape index (κ1) is 39.6. The fourth-order valence-corrected chi connectivity index (χ4v) is 12.6. The van der Waals surface area contributed by atoms with Crippen LogP contribution in [0.15, 0.2) is 127 Å². The van der Waals surface area contributed by atoms with E-state index in [0.29, 0.717) is 25.2 Å². The first-order valence-corrected chi connectivity index (χ1v) is 21.2. The second kappa shape index (κ2) is 17.6. The van der Waals surface area contributed by atoms with E-state index in [1.165, 1.54) is 10.4 Å². The number of methoxy groups -OCH3 is 1. The summed E-state index contributed by atoms with van der Waals surface area (Å²) in [6.45, 7) is 11.6. The van der Waals surface area contributed by atoms with Crippen LogP contribution in [0.1, 0.15) is 76.2 Å². The van der Waals surface area contributed by atoms with Crippen LogP contribution in [0.25, 0.3) is 0 Å². The molecule has 286 valence electrons. The van der Waals surface area contributed by atoms with Gasteiger partial charge in [-0.05, 0) is 84.4 Å². The molecule has 6 rings (SSSR count).